The predicted octanol–water partition coefficient (Wildman–Crippen LogP) is 5.11. The first-order chi connectivity index (χ1) is 25.9. The SMILES string of the molecule is CC[C@@H]1OC(=O)[C@H](C)C(=O)[C@H](C)[C@@H](O[C@@H]2O[C@H](C)C[C@H](N(C)C)[C@H]2O)[C@@](C)(OC/C=C/c2ccc3ncccc3c2)C[C@@H](C)C(=O)[C@@H](C)[C@H]2NC(=O)O[C@]12C. The zero-order chi connectivity index (χ0) is 40.4. The zero-order valence-electron chi connectivity index (χ0n) is 33.8. The molecule has 0 aliphatic carbocycles. The summed E-state index contributed by atoms with van der Waals surface area (Å²) in [4.78, 5) is 61.7. The number of hydrogen-bond acceptors (Lipinski definition) is 12. The molecule has 4 heterocycles. The second-order valence-corrected chi connectivity index (χ2v) is 16.3. The van der Waals surface area contributed by atoms with Gasteiger partial charge in [0, 0.05) is 35.4 Å². The molecule has 3 fully saturated rings. The number of nitrogens with zero attached hydrogens (tertiary/aromatic N) is 2. The van der Waals surface area contributed by atoms with Gasteiger partial charge in [-0.2, -0.15) is 0 Å². The van der Waals surface area contributed by atoms with Gasteiger partial charge in [0.2, 0.25) is 0 Å². The molecule has 3 aliphatic rings. The van der Waals surface area contributed by atoms with E-state index in [1.54, 1.807) is 47.7 Å². The largest absolute Gasteiger partial charge is 0.458 e. The van der Waals surface area contributed by atoms with Crippen molar-refractivity contribution in [1.29, 1.82) is 0 Å². The van der Waals surface area contributed by atoms with Crippen LogP contribution in [0.25, 0.3) is 17.0 Å². The van der Waals surface area contributed by atoms with Crippen molar-refractivity contribution in [3.63, 3.8) is 0 Å². The predicted molar refractivity (Wildman–Crippen MR) is 206 cm³/mol. The minimum absolute atomic E-state index is 0.0734. The van der Waals surface area contributed by atoms with E-state index in [4.69, 9.17) is 23.7 Å². The van der Waals surface area contributed by atoms with Gasteiger partial charge >= 0.3 is 12.1 Å². The molecule has 2 aromatic rings. The van der Waals surface area contributed by atoms with Crippen LogP contribution in [0.4, 0.5) is 4.79 Å². The normalized spacial score (nSPS) is 38.1. The zero-order valence-corrected chi connectivity index (χ0v) is 33.8. The first-order valence-corrected chi connectivity index (χ1v) is 19.5. The molecule has 1 aromatic heterocycles. The number of ether oxygens (including phenoxy) is 5. The second kappa shape index (κ2) is 17.2. The van der Waals surface area contributed by atoms with Crippen molar-refractivity contribution in [3.05, 3.63) is 48.2 Å². The number of aliphatic hydroxyl groups is 1. The van der Waals surface area contributed by atoms with Gasteiger partial charge in [0.15, 0.2) is 17.7 Å². The van der Waals surface area contributed by atoms with Crippen LogP contribution in [0.5, 0.6) is 0 Å². The van der Waals surface area contributed by atoms with E-state index in [0.29, 0.717) is 6.42 Å². The van der Waals surface area contributed by atoms with Gasteiger partial charge in [0.1, 0.15) is 23.9 Å². The molecule has 0 radical (unpaired) electrons. The van der Waals surface area contributed by atoms with Crippen LogP contribution < -0.4 is 5.32 Å². The Morgan fingerprint density at radius 3 is 2.45 bits per heavy atom. The Morgan fingerprint density at radius 2 is 1.76 bits per heavy atom. The fraction of sp³-hybridized carbons (Fsp3) is 0.643. The Kier molecular flexibility index (Phi) is 13.2. The summed E-state index contributed by atoms with van der Waals surface area (Å²) in [6.07, 6.45) is 1.17. The quantitative estimate of drug-likeness (QED) is 0.270. The first-order valence-electron chi connectivity index (χ1n) is 19.5. The number of hydrogen-bond donors (Lipinski definition) is 2. The maximum atomic E-state index is 14.4. The van der Waals surface area contributed by atoms with Crippen LogP contribution in [-0.4, -0.2) is 113 Å². The maximum absolute atomic E-state index is 14.4. The average Bonchev–Trinajstić information content (AvgIpc) is 3.47. The monoisotopic (exact) mass is 765 g/mol. The summed E-state index contributed by atoms with van der Waals surface area (Å²) in [5.74, 6) is -5.10. The number of carbonyl (C=O) groups excluding carboxylic acids is 4. The van der Waals surface area contributed by atoms with Crippen molar-refractivity contribution in [1.82, 2.24) is 15.2 Å². The average molecular weight is 766 g/mol. The number of nitrogens with one attached hydrogen (secondary N) is 1. The molecule has 1 aromatic carbocycles. The molecule has 5 rings (SSSR count). The number of Topliss-reactive ketones (excluding diaryl/α,β-unsaturated/α-hetero) is 2. The van der Waals surface area contributed by atoms with Crippen molar-refractivity contribution >= 4 is 40.6 Å². The molecular weight excluding hydrogens is 706 g/mol. The van der Waals surface area contributed by atoms with Crippen LogP contribution in [0.3, 0.4) is 0 Å². The molecule has 0 unspecified atom stereocenters. The number of amides is 1. The van der Waals surface area contributed by atoms with Crippen LogP contribution >= 0.6 is 0 Å². The molecule has 13 nitrogen and oxygen atoms in total. The van der Waals surface area contributed by atoms with E-state index in [0.717, 1.165) is 16.5 Å². The van der Waals surface area contributed by atoms with Gasteiger partial charge in [-0.1, -0.05) is 52.0 Å². The summed E-state index contributed by atoms with van der Waals surface area (Å²) in [7, 11) is 3.74. The van der Waals surface area contributed by atoms with Crippen LogP contribution in [0.1, 0.15) is 80.2 Å². The van der Waals surface area contributed by atoms with Gasteiger partial charge in [-0.15, -0.1) is 0 Å². The summed E-state index contributed by atoms with van der Waals surface area (Å²) in [5, 5.41) is 15.4. The molecule has 0 spiro atoms. The lowest BCUT2D eigenvalue weighted by molar-refractivity contribution is -0.296. The van der Waals surface area contributed by atoms with Gasteiger partial charge in [-0.05, 0) is 84.8 Å². The highest BCUT2D eigenvalue weighted by atomic mass is 16.7. The number of likely N-dealkylation sites (N-methyl/N-ethyl adjacent to an activating group) is 1. The molecule has 0 saturated carbocycles. The Labute approximate surface area is 324 Å². The van der Waals surface area contributed by atoms with E-state index in [9.17, 15) is 24.3 Å². The molecule has 3 saturated heterocycles. The lowest BCUT2D eigenvalue weighted by Gasteiger charge is -2.47. The van der Waals surface area contributed by atoms with E-state index in [2.05, 4.69) is 10.3 Å². The number of rotatable bonds is 8. The Morgan fingerprint density at radius 1 is 1.04 bits per heavy atom. The number of benzene rings is 1. The third-order valence-electron chi connectivity index (χ3n) is 11.9. The molecule has 2 N–H and O–H groups in total. The van der Waals surface area contributed by atoms with Crippen molar-refractivity contribution in [3.8, 4) is 0 Å². The van der Waals surface area contributed by atoms with Crippen molar-refractivity contribution in [2.24, 2.45) is 23.7 Å². The molecule has 0 bridgehead atoms. The van der Waals surface area contributed by atoms with Crippen molar-refractivity contribution in [2.45, 2.75) is 129 Å². The number of carbonyl (C=O) groups is 4. The molecule has 13 heteroatoms. The van der Waals surface area contributed by atoms with Crippen LogP contribution in [0, 0.1) is 23.7 Å². The van der Waals surface area contributed by atoms with E-state index in [1.807, 2.05) is 68.4 Å². The third kappa shape index (κ3) is 8.96. The lowest BCUT2D eigenvalue weighted by atomic mass is 9.73. The number of aliphatic hydroxyl groups excluding tert-OH is 1. The van der Waals surface area contributed by atoms with Gasteiger partial charge in [0.25, 0.3) is 0 Å². The summed E-state index contributed by atoms with van der Waals surface area (Å²) < 4.78 is 31.4. The third-order valence-corrected chi connectivity index (χ3v) is 11.9. The Balaban J connectivity index is 1.56. The van der Waals surface area contributed by atoms with Gasteiger partial charge in [0.05, 0.1) is 36.0 Å². The standard InChI is InChI=1S/C42H59N3O10/c1-11-32-42(8)36(44-40(50)55-42)25(4)33(46)23(2)22-41(7,51-19-13-14-28-16-17-30-29(21-28)15-12-18-43-30)37(26(5)34(47)27(6)38(49)53-32)54-39-35(48)31(45(9)10)20-24(3)52-39/h12-18,21,23-27,31-32,35-37,39,48H,11,19-20,22H2,1-10H3,(H,44,50)/b14-13+/t23-,24-,25-,26+,27-,31+,32+,35-,36-,37-,39+,41+,42-/m1/s1. The molecule has 302 valence electrons. The van der Waals surface area contributed by atoms with Gasteiger partial charge in [-0.3, -0.25) is 19.4 Å². The fourth-order valence-electron chi connectivity index (χ4n) is 8.75. The maximum Gasteiger partial charge on any atom is 0.408 e. The second-order valence-electron chi connectivity index (χ2n) is 16.3. The highest BCUT2D eigenvalue weighted by Crippen LogP contribution is 2.40. The van der Waals surface area contributed by atoms with Crippen molar-refractivity contribution in [2.75, 3.05) is 20.7 Å². The number of fused-ring (bicyclic) bond motifs is 2. The number of ketones is 2. The first kappa shape index (κ1) is 42.4. The van der Waals surface area contributed by atoms with Gasteiger partial charge in [-0.25, -0.2) is 4.79 Å². The molecule has 13 atom stereocenters. The molecule has 1 amide bonds. The highest BCUT2D eigenvalue weighted by molar-refractivity contribution is 6.00. The summed E-state index contributed by atoms with van der Waals surface area (Å²) in [6.45, 7) is 13.9. The van der Waals surface area contributed by atoms with Gasteiger partial charge < -0.3 is 39.0 Å². The summed E-state index contributed by atoms with van der Waals surface area (Å²) in [5.41, 5.74) is -0.923. The summed E-state index contributed by atoms with van der Waals surface area (Å²) >= 11 is 0. The highest BCUT2D eigenvalue weighted by Gasteiger charge is 2.57. The fourth-order valence-corrected chi connectivity index (χ4v) is 8.75. The van der Waals surface area contributed by atoms with Crippen LogP contribution in [-0.2, 0) is 38.1 Å². The van der Waals surface area contributed by atoms with E-state index in [-0.39, 0.29) is 37.4 Å². The van der Waals surface area contributed by atoms with E-state index in [1.165, 1.54) is 6.92 Å². The number of alkyl carbamates (subject to hydrolysis) is 1. The minimum Gasteiger partial charge on any atom is -0.458 e. The van der Waals surface area contributed by atoms with E-state index < -0.39 is 83.4 Å². The number of cyclic esters (lactones) is 1. The number of pyridine rings is 1. The lowest BCUT2D eigenvalue weighted by Crippen LogP contribution is -2.60. The number of esters is 1. The Hall–Kier alpha value is -3.75. The topological polar surface area (TPSA) is 163 Å². The molecule has 3 aliphatic heterocycles. The smallest absolute Gasteiger partial charge is 0.408 e. The Bertz CT molecular complexity index is 1750. The summed E-state index contributed by atoms with van der Waals surface area (Å²) in [6, 6.07) is 8.65. The molecular formula is C42H59N3O10. The molecule has 55 heavy (non-hydrogen) atoms. The van der Waals surface area contributed by atoms with Crippen LogP contribution in [0.2, 0.25) is 0 Å². The van der Waals surface area contributed by atoms with E-state index >= 15 is 0 Å². The van der Waals surface area contributed by atoms with Crippen molar-refractivity contribution < 1.29 is 48.0 Å². The van der Waals surface area contributed by atoms with Crippen LogP contribution in [0.15, 0.2) is 42.6 Å². The number of aromatic nitrogens is 1. The minimum atomic E-state index is -1.38.